The number of fused-ring (bicyclic) bond motifs is 1. The molecule has 1 aliphatic rings. The maximum Gasteiger partial charge on any atom is 0.547 e. The van der Waals surface area contributed by atoms with E-state index >= 15 is 0 Å². The first-order valence-electron chi connectivity index (χ1n) is 9.21. The highest BCUT2D eigenvalue weighted by Gasteiger charge is 2.40. The average molecular weight is 452 g/mol. The van der Waals surface area contributed by atoms with Gasteiger partial charge in [-0.2, -0.15) is 13.2 Å². The Hall–Kier alpha value is -3.61. The topological polar surface area (TPSA) is 124 Å². The summed E-state index contributed by atoms with van der Waals surface area (Å²) in [7, 11) is -1.70. The lowest BCUT2D eigenvalue weighted by Crippen LogP contribution is -2.53. The fourth-order valence-electron chi connectivity index (χ4n) is 2.93. The minimum atomic E-state index is -4.69. The zero-order chi connectivity index (χ0) is 23.3. The molecule has 0 saturated carbocycles. The van der Waals surface area contributed by atoms with Crippen molar-refractivity contribution in [2.24, 2.45) is 0 Å². The molecule has 0 radical (unpaired) electrons. The van der Waals surface area contributed by atoms with Gasteiger partial charge in [-0.15, -0.1) is 0 Å². The van der Waals surface area contributed by atoms with Gasteiger partial charge in [-0.3, -0.25) is 9.78 Å². The normalized spacial score (nSPS) is 15.2. The second-order valence-corrected chi connectivity index (χ2v) is 6.70. The van der Waals surface area contributed by atoms with Crippen LogP contribution in [0.15, 0.2) is 42.7 Å². The predicted octanol–water partition coefficient (Wildman–Crippen LogP) is 1.44. The quantitative estimate of drug-likeness (QED) is 0.384. The number of halogens is 3. The van der Waals surface area contributed by atoms with Crippen molar-refractivity contribution in [3.8, 4) is 5.75 Å². The van der Waals surface area contributed by atoms with Crippen LogP contribution in [0.5, 0.6) is 5.75 Å². The Morgan fingerprint density at radius 3 is 2.62 bits per heavy atom. The molecule has 0 saturated heterocycles. The number of amides is 1. The van der Waals surface area contributed by atoms with Gasteiger partial charge in [-0.25, -0.2) is 9.59 Å². The first-order chi connectivity index (χ1) is 15.1. The van der Waals surface area contributed by atoms with Crippen LogP contribution in [0.3, 0.4) is 0 Å². The Balaban J connectivity index is 1.61. The number of ether oxygens (including phenoxy) is 2. The number of hydrogen-bond donors (Lipinski definition) is 2. The van der Waals surface area contributed by atoms with Crippen molar-refractivity contribution in [3.05, 3.63) is 59.4 Å². The van der Waals surface area contributed by atoms with E-state index in [4.69, 9.17) is 14.1 Å². The molecule has 2 N–H and O–H groups in total. The van der Waals surface area contributed by atoms with Gasteiger partial charge >= 0.3 is 25.2 Å². The van der Waals surface area contributed by atoms with E-state index in [0.29, 0.717) is 5.56 Å². The molecule has 1 aromatic heterocycles. The molecule has 2 aromatic rings. The summed E-state index contributed by atoms with van der Waals surface area (Å²) in [5.74, 6) is -4.20. The summed E-state index contributed by atoms with van der Waals surface area (Å²) in [6, 6.07) is 7.31. The van der Waals surface area contributed by atoms with Crippen molar-refractivity contribution < 1.29 is 46.7 Å². The van der Waals surface area contributed by atoms with Crippen molar-refractivity contribution in [1.29, 1.82) is 0 Å². The highest BCUT2D eigenvalue weighted by Crippen LogP contribution is 2.31. The Bertz CT molecular complexity index is 1000. The van der Waals surface area contributed by atoms with Crippen LogP contribution >= 0.6 is 0 Å². The Labute approximate surface area is 179 Å². The van der Waals surface area contributed by atoms with E-state index < -0.39 is 50.3 Å². The number of benzene rings is 1. The van der Waals surface area contributed by atoms with Crippen molar-refractivity contribution >= 4 is 25.0 Å². The third kappa shape index (κ3) is 5.97. The summed E-state index contributed by atoms with van der Waals surface area (Å²) in [4.78, 5) is 39.5. The van der Waals surface area contributed by atoms with Crippen LogP contribution in [0.4, 0.5) is 13.2 Å². The summed E-state index contributed by atoms with van der Waals surface area (Å²) in [5.41, 5.74) is 0.416. The van der Waals surface area contributed by atoms with Gasteiger partial charge in [0.25, 0.3) is 0 Å². The summed E-state index contributed by atoms with van der Waals surface area (Å²) >= 11 is 0. The van der Waals surface area contributed by atoms with Gasteiger partial charge < -0.3 is 24.5 Å². The fraction of sp³-hybridized carbons (Fsp3) is 0.263. The third-order valence-corrected chi connectivity index (χ3v) is 4.32. The Kier molecular flexibility index (Phi) is 6.98. The Morgan fingerprint density at radius 1 is 1.19 bits per heavy atom. The number of carbonyl (C=O) groups excluding carboxylic acids is 3. The highest BCUT2D eigenvalue weighted by atomic mass is 19.4. The van der Waals surface area contributed by atoms with E-state index in [1.54, 1.807) is 0 Å². The van der Waals surface area contributed by atoms with Crippen LogP contribution in [-0.2, 0) is 20.7 Å². The van der Waals surface area contributed by atoms with Crippen LogP contribution in [0.25, 0.3) is 0 Å². The highest BCUT2D eigenvalue weighted by molar-refractivity contribution is 6.47. The zero-order valence-corrected chi connectivity index (χ0v) is 16.3. The molecule has 0 unspecified atom stereocenters. The summed E-state index contributed by atoms with van der Waals surface area (Å²) in [6.45, 7) is -0.699. The molecule has 0 bridgehead atoms. The van der Waals surface area contributed by atoms with E-state index in [0.717, 1.165) is 0 Å². The number of nitrogens with zero attached hydrogens (tertiary/aromatic N) is 1. The lowest BCUT2D eigenvalue weighted by molar-refractivity contribution is -0.154. The molecule has 9 nitrogen and oxygen atoms in total. The largest absolute Gasteiger partial charge is 0.547 e. The molecule has 0 spiro atoms. The first kappa shape index (κ1) is 23.1. The van der Waals surface area contributed by atoms with Crippen LogP contribution in [0.1, 0.15) is 32.7 Å². The predicted molar refractivity (Wildman–Crippen MR) is 101 cm³/mol. The Morgan fingerprint density at radius 2 is 1.94 bits per heavy atom. The number of aromatic nitrogens is 1. The molecule has 13 heteroatoms. The standard InChI is InChI=1S/C19H16BF3N2O7/c21-19(22,23)8-15(26)25-14-7-11-3-1-5-13(16(11)32-20(14)29)18(28)31-10-30-17(27)12-4-2-6-24-9-12/h1-6,9,14,29H,7-8,10H2,(H,25,26)/t14-/m0/s1. The molecule has 0 aliphatic carbocycles. The average Bonchev–Trinajstić information content (AvgIpc) is 2.73. The summed E-state index contributed by atoms with van der Waals surface area (Å²) in [5, 5.41) is 12.2. The molecular formula is C19H16BF3N2O7. The van der Waals surface area contributed by atoms with E-state index in [-0.39, 0.29) is 23.3 Å². The molecule has 1 amide bonds. The van der Waals surface area contributed by atoms with Gasteiger partial charge in [-0.1, -0.05) is 12.1 Å². The minimum Gasteiger partial charge on any atom is -0.534 e. The van der Waals surface area contributed by atoms with Crippen molar-refractivity contribution in [2.75, 3.05) is 6.79 Å². The summed E-state index contributed by atoms with van der Waals surface area (Å²) in [6.07, 6.45) is -3.74. The second-order valence-electron chi connectivity index (χ2n) is 6.70. The van der Waals surface area contributed by atoms with Crippen molar-refractivity contribution in [2.45, 2.75) is 25.0 Å². The number of para-hydroxylation sites is 1. The number of esters is 2. The number of hydrogen-bond acceptors (Lipinski definition) is 8. The van der Waals surface area contributed by atoms with E-state index in [9.17, 15) is 32.6 Å². The molecule has 0 fully saturated rings. The van der Waals surface area contributed by atoms with Gasteiger partial charge in [0, 0.05) is 12.4 Å². The maximum atomic E-state index is 12.4. The van der Waals surface area contributed by atoms with Gasteiger partial charge in [-0.05, 0) is 30.2 Å². The number of rotatable bonds is 6. The van der Waals surface area contributed by atoms with E-state index in [1.807, 2.05) is 0 Å². The first-order valence-corrected chi connectivity index (χ1v) is 9.21. The fourth-order valence-corrected chi connectivity index (χ4v) is 2.93. The van der Waals surface area contributed by atoms with Crippen LogP contribution < -0.4 is 9.97 Å². The molecular weight excluding hydrogens is 436 g/mol. The van der Waals surface area contributed by atoms with Gasteiger partial charge in [0.15, 0.2) is 0 Å². The van der Waals surface area contributed by atoms with Gasteiger partial charge in [0.1, 0.15) is 17.7 Å². The molecule has 1 aromatic carbocycles. The SMILES string of the molecule is O=C(CC(F)(F)F)N[C@H]1Cc2cccc(C(=O)OCOC(=O)c3cccnc3)c2OB1O. The van der Waals surface area contributed by atoms with Crippen LogP contribution in [0.2, 0.25) is 0 Å². The van der Waals surface area contributed by atoms with Gasteiger partial charge in [0.2, 0.25) is 12.7 Å². The van der Waals surface area contributed by atoms with Crippen molar-refractivity contribution in [1.82, 2.24) is 10.3 Å². The van der Waals surface area contributed by atoms with E-state index in [1.165, 1.54) is 42.7 Å². The van der Waals surface area contributed by atoms with Crippen molar-refractivity contribution in [3.63, 3.8) is 0 Å². The number of carbonyl (C=O) groups is 3. The third-order valence-electron chi connectivity index (χ3n) is 4.32. The molecule has 3 rings (SSSR count). The number of pyridine rings is 1. The van der Waals surface area contributed by atoms with Gasteiger partial charge in [0.05, 0.1) is 11.5 Å². The maximum absolute atomic E-state index is 12.4. The summed E-state index contributed by atoms with van der Waals surface area (Å²) < 4.78 is 52.0. The number of nitrogens with one attached hydrogen (secondary N) is 1. The molecule has 32 heavy (non-hydrogen) atoms. The lowest BCUT2D eigenvalue weighted by atomic mass is 9.72. The molecule has 168 valence electrons. The zero-order valence-electron chi connectivity index (χ0n) is 16.3. The van der Waals surface area contributed by atoms with Crippen LogP contribution in [-0.4, -0.2) is 53.9 Å². The minimum absolute atomic E-state index is 0.0510. The molecule has 1 atom stereocenters. The number of alkyl halides is 3. The van der Waals surface area contributed by atoms with Crippen LogP contribution in [0, 0.1) is 0 Å². The smallest absolute Gasteiger partial charge is 0.534 e. The lowest BCUT2D eigenvalue weighted by Gasteiger charge is -2.29. The molecule has 2 heterocycles. The second kappa shape index (κ2) is 9.68. The monoisotopic (exact) mass is 452 g/mol. The molecule has 1 aliphatic heterocycles. The van der Waals surface area contributed by atoms with E-state index in [2.05, 4.69) is 10.3 Å².